The van der Waals surface area contributed by atoms with E-state index < -0.39 is 0 Å². The Labute approximate surface area is 112 Å². The molecule has 19 heavy (non-hydrogen) atoms. The summed E-state index contributed by atoms with van der Waals surface area (Å²) in [5.41, 5.74) is 6.33. The molecule has 2 rings (SSSR count). The molecule has 0 heterocycles. The average Bonchev–Trinajstić information content (AvgIpc) is 2.45. The molecule has 0 aliphatic carbocycles. The molecule has 0 saturated heterocycles. The van der Waals surface area contributed by atoms with Crippen LogP contribution in [0.3, 0.4) is 0 Å². The second kappa shape index (κ2) is 6.31. The number of carbonyl (C=O) groups excluding carboxylic acids is 1. The monoisotopic (exact) mass is 258 g/mol. The quantitative estimate of drug-likeness (QED) is 0.863. The third-order valence-electron chi connectivity index (χ3n) is 3.07. The van der Waals surface area contributed by atoms with Gasteiger partial charge in [-0.1, -0.05) is 36.4 Å². The van der Waals surface area contributed by atoms with E-state index in [2.05, 4.69) is 5.32 Å². The van der Waals surface area contributed by atoms with E-state index in [4.69, 9.17) is 10.5 Å². The number of hydrogen-bond donors (Lipinski definition) is 2. The van der Waals surface area contributed by atoms with Gasteiger partial charge in [0.1, 0.15) is 0 Å². The molecule has 3 N–H and O–H groups in total. The van der Waals surface area contributed by atoms with Gasteiger partial charge in [0.2, 0.25) is 5.91 Å². The highest BCUT2D eigenvalue weighted by Gasteiger charge is 2.12. The molecule has 1 atom stereocenters. The zero-order chi connectivity index (χ0) is 13.7. The molecule has 0 aliphatic heterocycles. The van der Waals surface area contributed by atoms with Crippen molar-refractivity contribution in [2.45, 2.75) is 12.5 Å². The third-order valence-corrected chi connectivity index (χ3v) is 3.07. The lowest BCUT2D eigenvalue weighted by Gasteiger charge is -2.13. The number of anilines is 1. The highest BCUT2D eigenvalue weighted by molar-refractivity contribution is 6.02. The third kappa shape index (κ3) is 3.30. The fourth-order valence-corrected chi connectivity index (χ4v) is 2.01. The second-order valence-electron chi connectivity index (χ2n) is 4.37. The molecule has 1 amide bonds. The first-order valence-corrected chi connectivity index (χ1v) is 6.25. The number of nitrogens with one attached hydrogen (secondary N) is 1. The topological polar surface area (TPSA) is 64.3 Å². The molecule has 2 aromatic rings. The molecule has 0 spiro atoms. The van der Waals surface area contributed by atoms with Crippen molar-refractivity contribution in [3.8, 4) is 0 Å². The summed E-state index contributed by atoms with van der Waals surface area (Å²) in [4.78, 5) is 11.9. The van der Waals surface area contributed by atoms with E-state index in [0.717, 1.165) is 16.5 Å². The molecule has 0 aromatic heterocycles. The SMILES string of the molecule is COC(CN)CC(=O)Nc1cccc2ccccc12. The van der Waals surface area contributed by atoms with Crippen LogP contribution in [0.5, 0.6) is 0 Å². The van der Waals surface area contributed by atoms with Gasteiger partial charge >= 0.3 is 0 Å². The fourth-order valence-electron chi connectivity index (χ4n) is 2.01. The molecule has 0 bridgehead atoms. The van der Waals surface area contributed by atoms with Crippen LogP contribution in [-0.4, -0.2) is 25.7 Å². The summed E-state index contributed by atoms with van der Waals surface area (Å²) in [7, 11) is 1.56. The Bertz CT molecular complexity index is 560. The van der Waals surface area contributed by atoms with Gasteiger partial charge in [-0.05, 0) is 11.5 Å². The van der Waals surface area contributed by atoms with Crippen molar-refractivity contribution in [2.75, 3.05) is 19.0 Å². The van der Waals surface area contributed by atoms with Crippen molar-refractivity contribution in [1.82, 2.24) is 0 Å². The number of rotatable bonds is 5. The van der Waals surface area contributed by atoms with E-state index in [1.807, 2.05) is 42.5 Å². The highest BCUT2D eigenvalue weighted by atomic mass is 16.5. The number of benzene rings is 2. The minimum absolute atomic E-state index is 0.0892. The predicted octanol–water partition coefficient (Wildman–Crippen LogP) is 2.14. The first kappa shape index (κ1) is 13.5. The summed E-state index contributed by atoms with van der Waals surface area (Å²) in [5, 5.41) is 5.04. The lowest BCUT2D eigenvalue weighted by atomic mass is 10.1. The van der Waals surface area contributed by atoms with Gasteiger partial charge in [-0.15, -0.1) is 0 Å². The van der Waals surface area contributed by atoms with Crippen molar-refractivity contribution in [3.63, 3.8) is 0 Å². The Morgan fingerprint density at radius 1 is 1.26 bits per heavy atom. The van der Waals surface area contributed by atoms with Crippen LogP contribution in [0.15, 0.2) is 42.5 Å². The summed E-state index contributed by atoms with van der Waals surface area (Å²) < 4.78 is 5.11. The molecule has 4 nitrogen and oxygen atoms in total. The maximum atomic E-state index is 11.9. The van der Waals surface area contributed by atoms with Crippen LogP contribution in [-0.2, 0) is 9.53 Å². The lowest BCUT2D eigenvalue weighted by Crippen LogP contribution is -2.28. The first-order valence-electron chi connectivity index (χ1n) is 6.25. The number of fused-ring (bicyclic) bond motifs is 1. The van der Waals surface area contributed by atoms with E-state index in [-0.39, 0.29) is 18.4 Å². The molecule has 0 fully saturated rings. The van der Waals surface area contributed by atoms with Crippen LogP contribution in [0.4, 0.5) is 5.69 Å². The number of methoxy groups -OCH3 is 1. The predicted molar refractivity (Wildman–Crippen MR) is 77.0 cm³/mol. The number of ether oxygens (including phenoxy) is 1. The molecular formula is C15H18N2O2. The van der Waals surface area contributed by atoms with Crippen molar-refractivity contribution < 1.29 is 9.53 Å². The van der Waals surface area contributed by atoms with Gasteiger partial charge < -0.3 is 15.8 Å². The van der Waals surface area contributed by atoms with Crippen LogP contribution in [0.1, 0.15) is 6.42 Å². The molecule has 100 valence electrons. The summed E-state index contributed by atoms with van der Waals surface area (Å²) >= 11 is 0. The minimum atomic E-state index is -0.241. The summed E-state index contributed by atoms with van der Waals surface area (Å²) in [6.07, 6.45) is 0.0194. The maximum absolute atomic E-state index is 11.9. The molecule has 2 aromatic carbocycles. The molecule has 0 radical (unpaired) electrons. The van der Waals surface area contributed by atoms with E-state index in [1.54, 1.807) is 7.11 Å². The summed E-state index contributed by atoms with van der Waals surface area (Å²) in [5.74, 6) is -0.0892. The molecule has 4 heteroatoms. The molecule has 0 saturated carbocycles. The van der Waals surface area contributed by atoms with Gasteiger partial charge in [0.05, 0.1) is 12.5 Å². The zero-order valence-corrected chi connectivity index (χ0v) is 10.9. The number of carbonyl (C=O) groups is 1. The van der Waals surface area contributed by atoms with Crippen LogP contribution in [0.2, 0.25) is 0 Å². The van der Waals surface area contributed by atoms with Crippen molar-refractivity contribution in [3.05, 3.63) is 42.5 Å². The summed E-state index contributed by atoms with van der Waals surface area (Å²) in [6, 6.07) is 13.8. The Balaban J connectivity index is 2.15. The smallest absolute Gasteiger partial charge is 0.227 e. The van der Waals surface area contributed by atoms with E-state index in [9.17, 15) is 4.79 Å². The van der Waals surface area contributed by atoms with E-state index >= 15 is 0 Å². The van der Waals surface area contributed by atoms with Gasteiger partial charge in [0.15, 0.2) is 0 Å². The second-order valence-corrected chi connectivity index (χ2v) is 4.37. The minimum Gasteiger partial charge on any atom is -0.380 e. The number of hydrogen-bond acceptors (Lipinski definition) is 3. The Morgan fingerprint density at radius 3 is 2.74 bits per heavy atom. The Morgan fingerprint density at radius 2 is 2.00 bits per heavy atom. The standard InChI is InChI=1S/C15H18N2O2/c1-19-12(10-16)9-15(18)17-14-8-4-6-11-5-2-3-7-13(11)14/h2-8,12H,9-10,16H2,1H3,(H,17,18). The molecule has 1 unspecified atom stereocenters. The van der Waals surface area contributed by atoms with Gasteiger partial charge in [-0.2, -0.15) is 0 Å². The van der Waals surface area contributed by atoms with E-state index in [0.29, 0.717) is 6.54 Å². The van der Waals surface area contributed by atoms with Crippen LogP contribution >= 0.6 is 0 Å². The van der Waals surface area contributed by atoms with Gasteiger partial charge in [-0.25, -0.2) is 0 Å². The lowest BCUT2D eigenvalue weighted by molar-refractivity contribution is -0.118. The Kier molecular flexibility index (Phi) is 4.49. The van der Waals surface area contributed by atoms with Crippen molar-refractivity contribution in [1.29, 1.82) is 0 Å². The van der Waals surface area contributed by atoms with E-state index in [1.165, 1.54) is 0 Å². The van der Waals surface area contributed by atoms with Crippen molar-refractivity contribution >= 4 is 22.4 Å². The molecule has 0 aliphatic rings. The number of nitrogens with two attached hydrogens (primary N) is 1. The van der Waals surface area contributed by atoms with Crippen LogP contribution in [0.25, 0.3) is 10.8 Å². The maximum Gasteiger partial charge on any atom is 0.227 e. The van der Waals surface area contributed by atoms with Crippen LogP contribution in [0, 0.1) is 0 Å². The average molecular weight is 258 g/mol. The normalized spacial score (nSPS) is 12.3. The van der Waals surface area contributed by atoms with Gasteiger partial charge in [-0.3, -0.25) is 4.79 Å². The van der Waals surface area contributed by atoms with Crippen LogP contribution < -0.4 is 11.1 Å². The molecular weight excluding hydrogens is 240 g/mol. The van der Waals surface area contributed by atoms with Gasteiger partial charge in [0.25, 0.3) is 0 Å². The largest absolute Gasteiger partial charge is 0.380 e. The van der Waals surface area contributed by atoms with Crippen molar-refractivity contribution in [2.24, 2.45) is 5.73 Å². The Hall–Kier alpha value is -1.91. The van der Waals surface area contributed by atoms with Gasteiger partial charge in [0, 0.05) is 24.7 Å². The zero-order valence-electron chi connectivity index (χ0n) is 10.9. The number of amides is 1. The summed E-state index contributed by atoms with van der Waals surface area (Å²) in [6.45, 7) is 0.333. The highest BCUT2D eigenvalue weighted by Crippen LogP contribution is 2.23. The first-order chi connectivity index (χ1) is 9.24. The fraction of sp³-hybridized carbons (Fsp3) is 0.267.